The highest BCUT2D eigenvalue weighted by atomic mass is 32.2. The fourth-order valence-electron chi connectivity index (χ4n) is 4.68. The first kappa shape index (κ1) is 21.3. The number of phenols is 2. The molecule has 2 heterocycles. The van der Waals surface area contributed by atoms with E-state index in [0.29, 0.717) is 0 Å². The van der Waals surface area contributed by atoms with Gasteiger partial charge in [0.15, 0.2) is 0 Å². The lowest BCUT2D eigenvalue weighted by molar-refractivity contribution is 0.478. The Morgan fingerprint density at radius 3 is 1.31 bits per heavy atom. The number of para-hydroxylation sites is 2. The second-order valence-corrected chi connectivity index (χ2v) is 10.9. The molecule has 2 aliphatic heterocycles. The third-order valence-electron chi connectivity index (χ3n) is 6.52. The van der Waals surface area contributed by atoms with Crippen molar-refractivity contribution in [2.24, 2.45) is 0 Å². The maximum atomic E-state index is 11.1. The summed E-state index contributed by atoms with van der Waals surface area (Å²) < 4.78 is 0. The van der Waals surface area contributed by atoms with Crippen molar-refractivity contribution < 1.29 is 10.2 Å². The van der Waals surface area contributed by atoms with Gasteiger partial charge in [-0.25, -0.2) is 0 Å². The molecule has 0 bridgehead atoms. The van der Waals surface area contributed by atoms with Crippen molar-refractivity contribution in [2.75, 3.05) is 10.6 Å². The van der Waals surface area contributed by atoms with Crippen LogP contribution in [0.25, 0.3) is 22.3 Å². The van der Waals surface area contributed by atoms with Crippen LogP contribution in [0, 0.1) is 0 Å². The Balaban J connectivity index is 1.21. The summed E-state index contributed by atoms with van der Waals surface area (Å²) in [7, 11) is 0. The van der Waals surface area contributed by atoms with Crippen molar-refractivity contribution >= 4 is 46.3 Å². The van der Waals surface area contributed by atoms with Crippen LogP contribution < -0.4 is 10.6 Å². The van der Waals surface area contributed by atoms with E-state index in [9.17, 15) is 10.2 Å². The third-order valence-corrected chi connectivity index (χ3v) is 8.79. The van der Waals surface area contributed by atoms with E-state index >= 15 is 0 Å². The van der Waals surface area contributed by atoms with Gasteiger partial charge in [-0.15, -0.1) is 0 Å². The molecule has 0 aliphatic carbocycles. The maximum absolute atomic E-state index is 11.1. The molecule has 4 nitrogen and oxygen atoms in total. The van der Waals surface area contributed by atoms with Crippen molar-refractivity contribution in [1.82, 2.24) is 0 Å². The molecule has 0 aromatic heterocycles. The van der Waals surface area contributed by atoms with Crippen LogP contribution in [-0.2, 0) is 0 Å². The Bertz CT molecular complexity index is 1540. The SMILES string of the molecule is Oc1c(-c2ccc(-c3ccc4c(c3O)Nc3ccccc3S4)cc2)ccc2c1Nc1ccccc1S2. The highest BCUT2D eigenvalue weighted by Crippen LogP contribution is 2.52. The quantitative estimate of drug-likeness (QED) is 0.176. The van der Waals surface area contributed by atoms with Gasteiger partial charge in [-0.05, 0) is 59.7 Å². The second-order valence-electron chi connectivity index (χ2n) is 8.69. The zero-order valence-corrected chi connectivity index (χ0v) is 20.6. The second kappa shape index (κ2) is 8.29. The zero-order valence-electron chi connectivity index (χ0n) is 18.9. The topological polar surface area (TPSA) is 64.5 Å². The highest BCUT2D eigenvalue weighted by molar-refractivity contribution is 8.00. The van der Waals surface area contributed by atoms with E-state index in [4.69, 9.17) is 0 Å². The lowest BCUT2D eigenvalue weighted by atomic mass is 9.98. The van der Waals surface area contributed by atoms with E-state index in [1.165, 1.54) is 0 Å². The molecule has 5 aromatic rings. The Morgan fingerprint density at radius 1 is 0.444 bits per heavy atom. The standard InChI is InChI=1S/C30H20N2O2S2/c33-29-19(13-15-25-27(29)31-21-5-1-3-7-23(21)35-25)17-9-11-18(12-10-17)20-14-16-26-28(30(20)34)32-22-6-2-4-8-24(22)36-26/h1-16,31-34H. The number of hydrogen-bond acceptors (Lipinski definition) is 6. The van der Waals surface area contributed by atoms with Crippen LogP contribution in [0.1, 0.15) is 0 Å². The first-order chi connectivity index (χ1) is 17.7. The predicted molar refractivity (Wildman–Crippen MR) is 148 cm³/mol. The lowest BCUT2D eigenvalue weighted by Gasteiger charge is -2.23. The summed E-state index contributed by atoms with van der Waals surface area (Å²) in [4.78, 5) is 4.28. The van der Waals surface area contributed by atoms with Crippen LogP contribution in [0.5, 0.6) is 11.5 Å². The van der Waals surface area contributed by atoms with Crippen LogP contribution in [0.3, 0.4) is 0 Å². The molecule has 0 saturated heterocycles. The van der Waals surface area contributed by atoms with Crippen LogP contribution >= 0.6 is 23.5 Å². The number of aromatic hydroxyl groups is 2. The fraction of sp³-hybridized carbons (Fsp3) is 0. The Morgan fingerprint density at radius 2 is 0.861 bits per heavy atom. The molecule has 5 aromatic carbocycles. The third kappa shape index (κ3) is 3.41. The normalized spacial score (nSPS) is 12.9. The number of nitrogens with one attached hydrogen (secondary N) is 2. The van der Waals surface area contributed by atoms with E-state index in [2.05, 4.69) is 22.8 Å². The van der Waals surface area contributed by atoms with Crippen molar-refractivity contribution in [3.63, 3.8) is 0 Å². The van der Waals surface area contributed by atoms with Gasteiger partial charge in [0, 0.05) is 30.7 Å². The van der Waals surface area contributed by atoms with Gasteiger partial charge in [0.2, 0.25) is 0 Å². The maximum Gasteiger partial charge on any atom is 0.148 e. The molecule has 0 fully saturated rings. The van der Waals surface area contributed by atoms with Gasteiger partial charge in [0.05, 0.1) is 22.7 Å². The molecular formula is C30H20N2O2S2. The van der Waals surface area contributed by atoms with E-state index in [1.807, 2.05) is 84.9 Å². The molecule has 6 heteroatoms. The Hall–Kier alpha value is -4.00. The van der Waals surface area contributed by atoms with Gasteiger partial charge in [0.1, 0.15) is 11.5 Å². The zero-order chi connectivity index (χ0) is 24.2. The molecule has 0 spiro atoms. The van der Waals surface area contributed by atoms with Crippen LogP contribution in [0.4, 0.5) is 22.7 Å². The van der Waals surface area contributed by atoms with Crippen molar-refractivity contribution in [1.29, 1.82) is 0 Å². The Labute approximate surface area is 217 Å². The molecule has 7 rings (SSSR count). The number of rotatable bonds is 2. The number of fused-ring (bicyclic) bond motifs is 4. The largest absolute Gasteiger partial charge is 0.505 e. The first-order valence-corrected chi connectivity index (χ1v) is 13.2. The van der Waals surface area contributed by atoms with Crippen LogP contribution in [0.15, 0.2) is 117 Å². The van der Waals surface area contributed by atoms with Crippen molar-refractivity contribution in [3.05, 3.63) is 97.1 Å². The molecule has 4 N–H and O–H groups in total. The lowest BCUT2D eigenvalue weighted by Crippen LogP contribution is -2.00. The molecule has 36 heavy (non-hydrogen) atoms. The number of hydrogen-bond donors (Lipinski definition) is 4. The van der Waals surface area contributed by atoms with Gasteiger partial charge in [0.25, 0.3) is 0 Å². The molecule has 174 valence electrons. The summed E-state index contributed by atoms with van der Waals surface area (Å²) in [5.74, 6) is 0.470. The summed E-state index contributed by atoms with van der Waals surface area (Å²) in [6.07, 6.45) is 0. The number of benzene rings is 5. The van der Waals surface area contributed by atoms with Crippen molar-refractivity contribution in [2.45, 2.75) is 19.6 Å². The first-order valence-electron chi connectivity index (χ1n) is 11.6. The van der Waals surface area contributed by atoms with Gasteiger partial charge in [-0.1, -0.05) is 72.1 Å². The van der Waals surface area contributed by atoms with E-state index in [0.717, 1.165) is 64.6 Å². The van der Waals surface area contributed by atoms with Crippen molar-refractivity contribution in [3.8, 4) is 33.8 Å². The summed E-state index contributed by atoms with van der Waals surface area (Å²) >= 11 is 3.30. The van der Waals surface area contributed by atoms with E-state index in [1.54, 1.807) is 23.5 Å². The van der Waals surface area contributed by atoms with Gasteiger partial charge >= 0.3 is 0 Å². The van der Waals surface area contributed by atoms with E-state index in [-0.39, 0.29) is 11.5 Å². The summed E-state index contributed by atoms with van der Waals surface area (Å²) in [6.45, 7) is 0. The monoisotopic (exact) mass is 504 g/mol. The Kier molecular flexibility index (Phi) is 4.91. The minimum Gasteiger partial charge on any atom is -0.505 e. The number of phenolic OH excluding ortho intramolecular Hbond substituents is 2. The molecule has 0 unspecified atom stereocenters. The fourth-order valence-corrected chi connectivity index (χ4v) is 6.67. The molecule has 2 aliphatic rings. The highest BCUT2D eigenvalue weighted by Gasteiger charge is 2.22. The minimum atomic E-state index is 0.235. The predicted octanol–water partition coefficient (Wildman–Crippen LogP) is 8.85. The van der Waals surface area contributed by atoms with Gasteiger partial charge in [-0.3, -0.25) is 0 Å². The molecule has 0 radical (unpaired) electrons. The molecule has 0 atom stereocenters. The van der Waals surface area contributed by atoms with Gasteiger partial charge < -0.3 is 20.8 Å². The molecular weight excluding hydrogens is 484 g/mol. The molecule has 0 amide bonds. The smallest absolute Gasteiger partial charge is 0.148 e. The number of anilines is 4. The van der Waals surface area contributed by atoms with E-state index < -0.39 is 0 Å². The summed E-state index contributed by atoms with van der Waals surface area (Å²) in [5.41, 5.74) is 6.79. The summed E-state index contributed by atoms with van der Waals surface area (Å²) in [5, 5.41) is 29.0. The average Bonchev–Trinajstić information content (AvgIpc) is 2.92. The van der Waals surface area contributed by atoms with Gasteiger partial charge in [-0.2, -0.15) is 0 Å². The van der Waals surface area contributed by atoms with Crippen LogP contribution in [-0.4, -0.2) is 10.2 Å². The van der Waals surface area contributed by atoms with Crippen LogP contribution in [0.2, 0.25) is 0 Å². The average molecular weight is 505 g/mol. The molecule has 0 saturated carbocycles. The summed E-state index contributed by atoms with van der Waals surface area (Å²) in [6, 6.07) is 32.1. The minimum absolute atomic E-state index is 0.235.